The van der Waals surface area contributed by atoms with Crippen LogP contribution >= 0.6 is 0 Å². The number of halogens is 1. The van der Waals surface area contributed by atoms with Gasteiger partial charge in [0.15, 0.2) is 0 Å². The summed E-state index contributed by atoms with van der Waals surface area (Å²) in [5, 5.41) is 2.88. The van der Waals surface area contributed by atoms with Crippen molar-refractivity contribution in [1.29, 1.82) is 0 Å². The number of nitrogens with one attached hydrogen (secondary N) is 1. The second kappa shape index (κ2) is 5.85. The van der Waals surface area contributed by atoms with Gasteiger partial charge in [-0.25, -0.2) is 9.18 Å². The number of hydrogen-bond donors (Lipinski definition) is 1. The standard InChI is InChI=1S/C14H19FN2O/c1-11-4-2-3-9-17(11)14(18)16-10-12-5-7-13(15)8-6-12/h5-8,11H,2-4,9-10H2,1H3,(H,16,18). The largest absolute Gasteiger partial charge is 0.334 e. The summed E-state index contributed by atoms with van der Waals surface area (Å²) >= 11 is 0. The van der Waals surface area contributed by atoms with E-state index >= 15 is 0 Å². The number of rotatable bonds is 2. The lowest BCUT2D eigenvalue weighted by Gasteiger charge is -2.33. The maximum atomic E-state index is 12.7. The van der Waals surface area contributed by atoms with Crippen molar-refractivity contribution in [3.05, 3.63) is 35.6 Å². The lowest BCUT2D eigenvalue weighted by atomic mass is 10.0. The number of benzene rings is 1. The quantitative estimate of drug-likeness (QED) is 0.860. The first-order valence-corrected chi connectivity index (χ1v) is 6.46. The van der Waals surface area contributed by atoms with Crippen LogP contribution in [-0.4, -0.2) is 23.5 Å². The predicted molar refractivity (Wildman–Crippen MR) is 68.7 cm³/mol. The fraction of sp³-hybridized carbons (Fsp3) is 0.500. The number of piperidine rings is 1. The maximum Gasteiger partial charge on any atom is 0.317 e. The van der Waals surface area contributed by atoms with Crippen LogP contribution in [0.25, 0.3) is 0 Å². The van der Waals surface area contributed by atoms with Crippen LogP contribution < -0.4 is 5.32 Å². The number of hydrogen-bond acceptors (Lipinski definition) is 1. The van der Waals surface area contributed by atoms with Crippen LogP contribution in [0.5, 0.6) is 0 Å². The molecule has 4 heteroatoms. The van der Waals surface area contributed by atoms with Gasteiger partial charge in [0, 0.05) is 19.1 Å². The molecule has 1 saturated heterocycles. The van der Waals surface area contributed by atoms with Crippen LogP contribution in [0.1, 0.15) is 31.7 Å². The molecule has 0 aromatic heterocycles. The molecule has 1 atom stereocenters. The van der Waals surface area contributed by atoms with Crippen molar-refractivity contribution in [2.24, 2.45) is 0 Å². The van der Waals surface area contributed by atoms with Gasteiger partial charge in [0.2, 0.25) is 0 Å². The molecule has 1 aliphatic heterocycles. The molecule has 1 aromatic rings. The number of carbonyl (C=O) groups excluding carboxylic acids is 1. The summed E-state index contributed by atoms with van der Waals surface area (Å²) in [4.78, 5) is 13.9. The summed E-state index contributed by atoms with van der Waals surface area (Å²) in [6.07, 6.45) is 3.35. The fourth-order valence-electron chi connectivity index (χ4n) is 2.28. The third-order valence-corrected chi connectivity index (χ3v) is 3.42. The molecule has 3 nitrogen and oxygen atoms in total. The van der Waals surface area contributed by atoms with Gasteiger partial charge in [-0.3, -0.25) is 0 Å². The van der Waals surface area contributed by atoms with E-state index in [2.05, 4.69) is 12.2 Å². The molecule has 1 unspecified atom stereocenters. The van der Waals surface area contributed by atoms with Crippen molar-refractivity contribution in [3.63, 3.8) is 0 Å². The highest BCUT2D eigenvalue weighted by molar-refractivity contribution is 5.74. The molecule has 98 valence electrons. The summed E-state index contributed by atoms with van der Waals surface area (Å²) in [6.45, 7) is 3.36. The fourth-order valence-corrected chi connectivity index (χ4v) is 2.28. The van der Waals surface area contributed by atoms with E-state index in [-0.39, 0.29) is 11.8 Å². The first-order valence-electron chi connectivity index (χ1n) is 6.46. The minimum Gasteiger partial charge on any atom is -0.334 e. The third kappa shape index (κ3) is 3.22. The Balaban J connectivity index is 1.85. The van der Waals surface area contributed by atoms with Gasteiger partial charge in [-0.2, -0.15) is 0 Å². The van der Waals surface area contributed by atoms with Crippen molar-refractivity contribution >= 4 is 6.03 Å². The van der Waals surface area contributed by atoms with Crippen molar-refractivity contribution < 1.29 is 9.18 Å². The first kappa shape index (κ1) is 12.9. The third-order valence-electron chi connectivity index (χ3n) is 3.42. The number of likely N-dealkylation sites (tertiary alicyclic amines) is 1. The smallest absolute Gasteiger partial charge is 0.317 e. The summed E-state index contributed by atoms with van der Waals surface area (Å²) in [5.74, 6) is -0.255. The van der Waals surface area contributed by atoms with Crippen molar-refractivity contribution in [1.82, 2.24) is 10.2 Å². The first-order chi connectivity index (χ1) is 8.66. The lowest BCUT2D eigenvalue weighted by Crippen LogP contribution is -2.47. The molecule has 0 spiro atoms. The van der Waals surface area contributed by atoms with Gasteiger partial charge in [0.25, 0.3) is 0 Å². The van der Waals surface area contributed by atoms with Gasteiger partial charge in [0.05, 0.1) is 0 Å². The zero-order chi connectivity index (χ0) is 13.0. The summed E-state index contributed by atoms with van der Waals surface area (Å²) in [7, 11) is 0. The lowest BCUT2D eigenvalue weighted by molar-refractivity contribution is 0.158. The molecular formula is C14H19FN2O. The Morgan fingerprint density at radius 1 is 1.39 bits per heavy atom. The van der Waals surface area contributed by atoms with Crippen LogP contribution in [0.4, 0.5) is 9.18 Å². The Hall–Kier alpha value is -1.58. The molecule has 1 aromatic carbocycles. The Morgan fingerprint density at radius 2 is 2.11 bits per heavy atom. The van der Waals surface area contributed by atoms with Crippen molar-refractivity contribution in [2.75, 3.05) is 6.54 Å². The van der Waals surface area contributed by atoms with Crippen LogP contribution in [0, 0.1) is 5.82 Å². The molecule has 2 rings (SSSR count). The topological polar surface area (TPSA) is 32.3 Å². The van der Waals surface area contributed by atoms with Crippen LogP contribution in [-0.2, 0) is 6.54 Å². The number of amides is 2. The van der Waals surface area contributed by atoms with E-state index < -0.39 is 0 Å². The van der Waals surface area contributed by atoms with E-state index in [0.29, 0.717) is 12.6 Å². The molecular weight excluding hydrogens is 231 g/mol. The zero-order valence-corrected chi connectivity index (χ0v) is 10.7. The van der Waals surface area contributed by atoms with E-state index in [4.69, 9.17) is 0 Å². The molecule has 0 saturated carbocycles. The normalized spacial score (nSPS) is 19.7. The van der Waals surface area contributed by atoms with Gasteiger partial charge in [-0.15, -0.1) is 0 Å². The average molecular weight is 250 g/mol. The molecule has 18 heavy (non-hydrogen) atoms. The second-order valence-corrected chi connectivity index (χ2v) is 4.82. The van der Waals surface area contributed by atoms with E-state index in [1.54, 1.807) is 12.1 Å². The van der Waals surface area contributed by atoms with E-state index in [1.165, 1.54) is 18.6 Å². The van der Waals surface area contributed by atoms with E-state index in [0.717, 1.165) is 24.9 Å². The Labute approximate surface area is 107 Å². The summed E-state index contributed by atoms with van der Waals surface area (Å²) < 4.78 is 12.7. The van der Waals surface area contributed by atoms with E-state index in [9.17, 15) is 9.18 Å². The highest BCUT2D eigenvalue weighted by Crippen LogP contribution is 2.16. The highest BCUT2D eigenvalue weighted by atomic mass is 19.1. The molecule has 0 radical (unpaired) electrons. The molecule has 1 N–H and O–H groups in total. The van der Waals surface area contributed by atoms with Gasteiger partial charge < -0.3 is 10.2 Å². The second-order valence-electron chi connectivity index (χ2n) is 4.82. The Morgan fingerprint density at radius 3 is 2.78 bits per heavy atom. The summed E-state index contributed by atoms with van der Waals surface area (Å²) in [5.41, 5.74) is 0.911. The van der Waals surface area contributed by atoms with Crippen LogP contribution in [0.3, 0.4) is 0 Å². The molecule has 0 aliphatic carbocycles. The molecule has 1 fully saturated rings. The predicted octanol–water partition coefficient (Wildman–Crippen LogP) is 2.91. The number of carbonyl (C=O) groups is 1. The van der Waals surface area contributed by atoms with Gasteiger partial charge in [0.1, 0.15) is 5.82 Å². The van der Waals surface area contributed by atoms with Gasteiger partial charge in [-0.1, -0.05) is 12.1 Å². The highest BCUT2D eigenvalue weighted by Gasteiger charge is 2.22. The van der Waals surface area contributed by atoms with E-state index in [1.807, 2.05) is 4.90 Å². The minimum atomic E-state index is -0.255. The minimum absolute atomic E-state index is 0.0217. The summed E-state index contributed by atoms with van der Waals surface area (Å²) in [6, 6.07) is 6.49. The monoisotopic (exact) mass is 250 g/mol. The van der Waals surface area contributed by atoms with Crippen molar-refractivity contribution in [3.8, 4) is 0 Å². The maximum absolute atomic E-state index is 12.7. The van der Waals surface area contributed by atoms with Crippen molar-refractivity contribution in [2.45, 2.75) is 38.8 Å². The zero-order valence-electron chi connectivity index (χ0n) is 10.7. The Kier molecular flexibility index (Phi) is 4.18. The van der Waals surface area contributed by atoms with Crippen LogP contribution in [0.15, 0.2) is 24.3 Å². The van der Waals surface area contributed by atoms with Gasteiger partial charge in [-0.05, 0) is 43.9 Å². The van der Waals surface area contributed by atoms with Gasteiger partial charge >= 0.3 is 6.03 Å². The molecule has 1 heterocycles. The van der Waals surface area contributed by atoms with Crippen LogP contribution in [0.2, 0.25) is 0 Å². The molecule has 0 bridgehead atoms. The number of urea groups is 1. The SMILES string of the molecule is CC1CCCCN1C(=O)NCc1ccc(F)cc1. The Bertz CT molecular complexity index is 405. The number of nitrogens with zero attached hydrogens (tertiary/aromatic N) is 1. The average Bonchev–Trinajstić information content (AvgIpc) is 2.38. The molecule has 2 amide bonds. The molecule has 1 aliphatic rings.